The van der Waals surface area contributed by atoms with E-state index in [9.17, 15) is 9.59 Å². The Balaban J connectivity index is 2.14. The Morgan fingerprint density at radius 1 is 1.00 bits per heavy atom. The Morgan fingerprint density at radius 2 is 1.66 bits per heavy atom. The fourth-order valence-corrected chi connectivity index (χ4v) is 7.54. The molecule has 1 saturated heterocycles. The maximum atomic E-state index is 15.9. The van der Waals surface area contributed by atoms with Crippen LogP contribution < -0.4 is 0 Å². The number of halogens is 2. The van der Waals surface area contributed by atoms with Crippen molar-refractivity contribution in [3.05, 3.63) is 12.2 Å². The van der Waals surface area contributed by atoms with E-state index in [2.05, 4.69) is 27.7 Å². The third kappa shape index (κ3) is 15.1. The minimum atomic E-state index is -3.01. The second-order valence-electron chi connectivity index (χ2n) is 15.8. The Kier molecular flexibility index (Phi) is 18.3. The highest BCUT2D eigenvalue weighted by Crippen LogP contribution is 2.42. The molecule has 0 spiro atoms. The zero-order valence-corrected chi connectivity index (χ0v) is 32.1. The maximum absolute atomic E-state index is 15.9. The second kappa shape index (κ2) is 20.5. The second-order valence-corrected chi connectivity index (χ2v) is 20.5. The van der Waals surface area contributed by atoms with Crippen LogP contribution in [-0.4, -0.2) is 57.2 Å². The number of esters is 1. The topological polar surface area (TPSA) is 71.1 Å². The van der Waals surface area contributed by atoms with E-state index >= 15 is 8.78 Å². The monoisotopic (exact) mass is 686 g/mol. The van der Waals surface area contributed by atoms with Crippen LogP contribution in [0.25, 0.3) is 0 Å². The first-order valence-electron chi connectivity index (χ1n) is 18.8. The lowest BCUT2D eigenvalue weighted by Gasteiger charge is -2.40. The first kappa shape index (κ1) is 42.0. The zero-order valence-electron chi connectivity index (χ0n) is 31.1. The Morgan fingerprint density at radius 3 is 2.28 bits per heavy atom. The average molecular weight is 687 g/mol. The Labute approximate surface area is 286 Å². The summed E-state index contributed by atoms with van der Waals surface area (Å²) in [5.74, 6) is -3.55. The van der Waals surface area contributed by atoms with Gasteiger partial charge >= 0.3 is 5.97 Å². The summed E-state index contributed by atoms with van der Waals surface area (Å²) in [4.78, 5) is 25.2. The lowest BCUT2D eigenvalue weighted by atomic mass is 9.88. The van der Waals surface area contributed by atoms with Crippen molar-refractivity contribution in [1.29, 1.82) is 0 Å². The molecule has 9 heteroatoms. The summed E-state index contributed by atoms with van der Waals surface area (Å²) in [6, 6.07) is 0. The van der Waals surface area contributed by atoms with Gasteiger partial charge in [0.15, 0.2) is 14.6 Å². The number of rotatable bonds is 22. The molecular formula is C38H68F2O6Si. The highest BCUT2D eigenvalue weighted by molar-refractivity contribution is 6.74. The molecule has 0 aromatic carbocycles. The molecule has 1 aliphatic carbocycles. The highest BCUT2D eigenvalue weighted by atomic mass is 28.4. The number of ether oxygens (including phenoxy) is 3. The van der Waals surface area contributed by atoms with Crippen LogP contribution >= 0.6 is 0 Å². The van der Waals surface area contributed by atoms with Gasteiger partial charge in [0, 0.05) is 37.7 Å². The maximum Gasteiger partial charge on any atom is 0.306 e. The predicted molar refractivity (Wildman–Crippen MR) is 188 cm³/mol. The first-order valence-corrected chi connectivity index (χ1v) is 21.7. The molecule has 6 nitrogen and oxygen atoms in total. The summed E-state index contributed by atoms with van der Waals surface area (Å²) in [6.07, 6.45) is 14.2. The molecule has 0 aromatic rings. The van der Waals surface area contributed by atoms with Crippen LogP contribution in [0.15, 0.2) is 12.2 Å². The van der Waals surface area contributed by atoms with Gasteiger partial charge in [-0.25, -0.2) is 8.78 Å². The van der Waals surface area contributed by atoms with E-state index in [-0.39, 0.29) is 60.0 Å². The van der Waals surface area contributed by atoms with Gasteiger partial charge in [-0.1, -0.05) is 91.2 Å². The average Bonchev–Trinajstić information content (AvgIpc) is 3.27. The van der Waals surface area contributed by atoms with Crippen molar-refractivity contribution in [2.75, 3.05) is 6.61 Å². The van der Waals surface area contributed by atoms with E-state index < -0.39 is 20.3 Å². The first-order chi connectivity index (χ1) is 22.1. The molecule has 1 heterocycles. The van der Waals surface area contributed by atoms with Crippen LogP contribution in [0.1, 0.15) is 151 Å². The van der Waals surface area contributed by atoms with Crippen molar-refractivity contribution < 1.29 is 37.0 Å². The summed E-state index contributed by atoms with van der Waals surface area (Å²) in [6.45, 7) is 16.7. The quantitative estimate of drug-likeness (QED) is 0.0489. The van der Waals surface area contributed by atoms with Crippen molar-refractivity contribution in [3.8, 4) is 0 Å². The van der Waals surface area contributed by atoms with Crippen molar-refractivity contribution >= 4 is 20.1 Å². The molecule has 0 radical (unpaired) electrons. The minimum Gasteiger partial charge on any atom is -0.463 e. The fourth-order valence-electron chi connectivity index (χ4n) is 6.31. The minimum absolute atomic E-state index is 0.0812. The summed E-state index contributed by atoms with van der Waals surface area (Å²) >= 11 is 0. The number of hydrogen-bond donors (Lipinski definition) is 0. The van der Waals surface area contributed by atoms with Crippen molar-refractivity contribution in [1.82, 2.24) is 0 Å². The standard InChI is InChI=1S/C38H68F2O6Si/c1-9-10-11-19-26-38(39,40)34(46-47(7,8)37(4,5)6)25-24-31-30(32(41)28-33(31)45-36-23-18-20-27-43-36)21-16-14-12-13-15-17-22-35(42)44-29(2)3/h24-25,29-31,33-34,36H,9-23,26-28H2,1-8H3/t30?,31-,33?,34?,36?/m1/s1. The van der Waals surface area contributed by atoms with E-state index in [0.717, 1.165) is 77.0 Å². The predicted octanol–water partition coefficient (Wildman–Crippen LogP) is 10.7. The summed E-state index contributed by atoms with van der Waals surface area (Å²) in [5, 5.41) is -0.218. The number of alkyl halides is 2. The van der Waals surface area contributed by atoms with E-state index in [1.807, 2.05) is 33.0 Å². The zero-order chi connectivity index (χ0) is 35.1. The largest absolute Gasteiger partial charge is 0.463 e. The number of Topliss-reactive ketones (excluding diaryl/α,β-unsaturated/α-hetero) is 1. The lowest BCUT2D eigenvalue weighted by molar-refractivity contribution is -0.192. The van der Waals surface area contributed by atoms with E-state index in [1.165, 1.54) is 0 Å². The van der Waals surface area contributed by atoms with Gasteiger partial charge in [0.25, 0.3) is 5.92 Å². The van der Waals surface area contributed by atoms with Gasteiger partial charge in [0.05, 0.1) is 12.2 Å². The van der Waals surface area contributed by atoms with Gasteiger partial charge < -0.3 is 18.6 Å². The molecule has 274 valence electrons. The molecule has 0 aromatic heterocycles. The number of carbonyl (C=O) groups is 2. The van der Waals surface area contributed by atoms with Crippen molar-refractivity contribution in [3.63, 3.8) is 0 Å². The molecule has 0 bridgehead atoms. The van der Waals surface area contributed by atoms with Crippen molar-refractivity contribution in [2.45, 2.75) is 199 Å². The molecule has 0 amide bonds. The normalized spacial score (nSPS) is 23.6. The highest BCUT2D eigenvalue weighted by Gasteiger charge is 2.47. The smallest absolute Gasteiger partial charge is 0.306 e. The molecule has 1 saturated carbocycles. The Hall–Kier alpha value is -1.16. The lowest BCUT2D eigenvalue weighted by Crippen LogP contribution is -2.48. The molecule has 2 aliphatic rings. The Bertz CT molecular complexity index is 941. The molecule has 1 aliphatic heterocycles. The molecule has 0 N–H and O–H groups in total. The number of carbonyl (C=O) groups excluding carboxylic acids is 2. The van der Waals surface area contributed by atoms with E-state index in [1.54, 1.807) is 6.08 Å². The van der Waals surface area contributed by atoms with Crippen LogP contribution in [0.5, 0.6) is 0 Å². The molecule has 4 unspecified atom stereocenters. The summed E-state index contributed by atoms with van der Waals surface area (Å²) in [5.41, 5.74) is 0. The number of unbranched alkanes of at least 4 members (excludes halogenated alkanes) is 8. The number of hydrogen-bond acceptors (Lipinski definition) is 6. The van der Waals surface area contributed by atoms with Gasteiger partial charge in [0.2, 0.25) is 0 Å². The van der Waals surface area contributed by atoms with Crippen molar-refractivity contribution in [2.24, 2.45) is 11.8 Å². The number of ketones is 1. The molecule has 5 atom stereocenters. The fraction of sp³-hybridized carbons (Fsp3) is 0.895. The van der Waals surface area contributed by atoms with Crippen LogP contribution in [0.3, 0.4) is 0 Å². The summed E-state index contributed by atoms with van der Waals surface area (Å²) in [7, 11) is -2.52. The molecular weight excluding hydrogens is 618 g/mol. The third-order valence-electron chi connectivity index (χ3n) is 10.2. The van der Waals surface area contributed by atoms with E-state index in [4.69, 9.17) is 18.6 Å². The van der Waals surface area contributed by atoms with Crippen LogP contribution in [0.2, 0.25) is 18.1 Å². The van der Waals surface area contributed by atoms with Gasteiger partial charge in [-0.15, -0.1) is 0 Å². The SMILES string of the molecule is CCCCCCC(F)(F)C(C=C[C@H]1C(OC2CCCCO2)CC(=O)C1CCCCCCCCC(=O)OC(C)C)O[Si](C)(C)C(C)(C)C. The van der Waals surface area contributed by atoms with Crippen LogP contribution in [0, 0.1) is 11.8 Å². The van der Waals surface area contributed by atoms with Gasteiger partial charge in [-0.05, 0) is 70.5 Å². The molecule has 2 rings (SSSR count). The van der Waals surface area contributed by atoms with Gasteiger partial charge in [-0.3, -0.25) is 9.59 Å². The van der Waals surface area contributed by atoms with Gasteiger partial charge in [-0.2, -0.15) is 0 Å². The third-order valence-corrected chi connectivity index (χ3v) is 14.7. The van der Waals surface area contributed by atoms with Gasteiger partial charge in [0.1, 0.15) is 11.9 Å². The van der Waals surface area contributed by atoms with Crippen LogP contribution in [-0.2, 0) is 28.2 Å². The molecule has 2 fully saturated rings. The molecule has 47 heavy (non-hydrogen) atoms. The summed E-state index contributed by atoms with van der Waals surface area (Å²) < 4.78 is 55.7. The van der Waals surface area contributed by atoms with Crippen LogP contribution in [0.4, 0.5) is 8.78 Å². The van der Waals surface area contributed by atoms with E-state index in [0.29, 0.717) is 25.9 Å².